The fourth-order valence-corrected chi connectivity index (χ4v) is 3.56. The Morgan fingerprint density at radius 2 is 1.93 bits per heavy atom. The highest BCUT2D eigenvalue weighted by molar-refractivity contribution is 5.99. The highest BCUT2D eigenvalue weighted by Gasteiger charge is 2.27. The first kappa shape index (κ1) is 19.5. The van der Waals surface area contributed by atoms with E-state index in [1.54, 1.807) is 0 Å². The Bertz CT molecular complexity index is 899. The normalized spacial score (nSPS) is 15.1. The predicted molar refractivity (Wildman–Crippen MR) is 105 cm³/mol. The van der Waals surface area contributed by atoms with E-state index in [-0.39, 0.29) is 22.7 Å². The summed E-state index contributed by atoms with van der Waals surface area (Å²) in [7, 11) is 2.80. The summed E-state index contributed by atoms with van der Waals surface area (Å²) in [6, 6.07) is 11.1. The molecule has 148 valence electrons. The molecule has 0 aromatic heterocycles. The van der Waals surface area contributed by atoms with Crippen LogP contribution in [0, 0.1) is 10.1 Å². The Morgan fingerprint density at radius 3 is 2.61 bits per heavy atom. The monoisotopic (exact) mass is 385 g/mol. The molecule has 1 N–H and O–H groups in total. The average molecular weight is 385 g/mol. The van der Waals surface area contributed by atoms with E-state index >= 15 is 0 Å². The third kappa shape index (κ3) is 3.71. The van der Waals surface area contributed by atoms with Crippen molar-refractivity contribution in [2.45, 2.75) is 19.4 Å². The number of nitrogens with one attached hydrogen (secondary N) is 1. The lowest BCUT2D eigenvalue weighted by atomic mass is 10.1. The van der Waals surface area contributed by atoms with Crippen LogP contribution in [0.4, 0.5) is 11.4 Å². The number of methoxy groups -OCH3 is 2. The van der Waals surface area contributed by atoms with Crippen LogP contribution in [-0.4, -0.2) is 44.2 Å². The molecule has 3 rings (SSSR count). The van der Waals surface area contributed by atoms with Crippen molar-refractivity contribution < 1.29 is 19.2 Å². The van der Waals surface area contributed by atoms with Gasteiger partial charge in [0, 0.05) is 30.9 Å². The molecule has 8 nitrogen and oxygen atoms in total. The van der Waals surface area contributed by atoms with Gasteiger partial charge in [-0.05, 0) is 25.0 Å². The first-order chi connectivity index (χ1) is 13.5. The maximum Gasteiger partial charge on any atom is 0.286 e. The molecule has 2 aromatic carbocycles. The summed E-state index contributed by atoms with van der Waals surface area (Å²) in [6.07, 6.45) is 0.964. The zero-order valence-corrected chi connectivity index (χ0v) is 16.1. The van der Waals surface area contributed by atoms with E-state index in [4.69, 9.17) is 9.47 Å². The van der Waals surface area contributed by atoms with Crippen molar-refractivity contribution in [1.82, 2.24) is 5.32 Å². The van der Waals surface area contributed by atoms with Crippen molar-refractivity contribution in [3.05, 3.63) is 57.6 Å². The van der Waals surface area contributed by atoms with E-state index in [0.717, 1.165) is 6.42 Å². The summed E-state index contributed by atoms with van der Waals surface area (Å²) >= 11 is 0. The third-order valence-electron chi connectivity index (χ3n) is 4.93. The first-order valence-corrected chi connectivity index (χ1v) is 8.99. The van der Waals surface area contributed by atoms with Crippen molar-refractivity contribution >= 4 is 17.3 Å². The van der Waals surface area contributed by atoms with Crippen molar-refractivity contribution in [1.29, 1.82) is 0 Å². The maximum atomic E-state index is 12.6. The lowest BCUT2D eigenvalue weighted by Crippen LogP contribution is -2.38. The number of ether oxygens (including phenoxy) is 2. The number of nitrogens with zero attached hydrogens (tertiary/aromatic N) is 2. The molecule has 28 heavy (non-hydrogen) atoms. The molecule has 0 saturated heterocycles. The van der Waals surface area contributed by atoms with Gasteiger partial charge >= 0.3 is 0 Å². The number of carbonyl (C=O) groups is 1. The quantitative estimate of drug-likeness (QED) is 0.582. The van der Waals surface area contributed by atoms with Gasteiger partial charge in [0.2, 0.25) is 0 Å². The number of carbonyl (C=O) groups excluding carboxylic acids is 1. The SMILES string of the molecule is COc1cc(C(=O)NCCN2c3ccccc3CC2C)c([N+](=O)[O-])cc1OC. The van der Waals surface area contributed by atoms with Crippen LogP contribution in [-0.2, 0) is 6.42 Å². The van der Waals surface area contributed by atoms with E-state index < -0.39 is 10.8 Å². The Labute approximate surface area is 163 Å². The second kappa shape index (κ2) is 8.16. The van der Waals surface area contributed by atoms with Gasteiger partial charge in [-0.2, -0.15) is 0 Å². The Hall–Kier alpha value is -3.29. The van der Waals surface area contributed by atoms with Crippen LogP contribution in [0.15, 0.2) is 36.4 Å². The van der Waals surface area contributed by atoms with Gasteiger partial charge in [-0.1, -0.05) is 18.2 Å². The second-order valence-electron chi connectivity index (χ2n) is 6.61. The van der Waals surface area contributed by atoms with E-state index in [1.807, 2.05) is 12.1 Å². The zero-order valence-electron chi connectivity index (χ0n) is 16.1. The Kier molecular flexibility index (Phi) is 5.67. The number of nitro benzene ring substituents is 1. The van der Waals surface area contributed by atoms with Gasteiger partial charge in [-0.3, -0.25) is 14.9 Å². The van der Waals surface area contributed by atoms with Gasteiger partial charge in [0.25, 0.3) is 11.6 Å². The smallest absolute Gasteiger partial charge is 0.286 e. The molecule has 8 heteroatoms. The Balaban J connectivity index is 1.72. The molecule has 0 bridgehead atoms. The van der Waals surface area contributed by atoms with E-state index in [0.29, 0.717) is 19.1 Å². The highest BCUT2D eigenvalue weighted by atomic mass is 16.6. The fraction of sp³-hybridized carbons (Fsp3) is 0.350. The molecular formula is C20H23N3O5. The summed E-state index contributed by atoms with van der Waals surface area (Å²) in [4.78, 5) is 25.6. The van der Waals surface area contributed by atoms with Crippen LogP contribution in [0.1, 0.15) is 22.8 Å². The van der Waals surface area contributed by atoms with Crippen molar-refractivity contribution in [3.8, 4) is 11.5 Å². The molecule has 1 aliphatic heterocycles. The van der Waals surface area contributed by atoms with Gasteiger partial charge in [0.1, 0.15) is 5.56 Å². The number of hydrogen-bond acceptors (Lipinski definition) is 6. The summed E-state index contributed by atoms with van der Waals surface area (Å²) in [5, 5.41) is 14.2. The van der Waals surface area contributed by atoms with Crippen LogP contribution < -0.4 is 19.7 Å². The number of benzene rings is 2. The molecule has 0 spiro atoms. The van der Waals surface area contributed by atoms with Crippen LogP contribution in [0.25, 0.3) is 0 Å². The highest BCUT2D eigenvalue weighted by Crippen LogP contribution is 2.34. The first-order valence-electron chi connectivity index (χ1n) is 8.99. The second-order valence-corrected chi connectivity index (χ2v) is 6.61. The number of rotatable bonds is 7. The minimum atomic E-state index is -0.602. The van der Waals surface area contributed by atoms with E-state index in [9.17, 15) is 14.9 Å². The third-order valence-corrected chi connectivity index (χ3v) is 4.93. The molecule has 1 amide bonds. The molecule has 1 heterocycles. The van der Waals surface area contributed by atoms with Crippen LogP contribution >= 0.6 is 0 Å². The van der Waals surface area contributed by atoms with Gasteiger partial charge in [0.15, 0.2) is 11.5 Å². The van der Waals surface area contributed by atoms with Gasteiger partial charge in [0.05, 0.1) is 25.2 Å². The zero-order chi connectivity index (χ0) is 20.3. The molecule has 0 saturated carbocycles. The fourth-order valence-electron chi connectivity index (χ4n) is 3.56. The number of fused-ring (bicyclic) bond motifs is 1. The molecule has 1 aliphatic rings. The lowest BCUT2D eigenvalue weighted by Gasteiger charge is -2.25. The van der Waals surface area contributed by atoms with Gasteiger partial charge in [-0.25, -0.2) is 0 Å². The molecular weight excluding hydrogens is 362 g/mol. The summed E-state index contributed by atoms with van der Waals surface area (Å²) in [5.74, 6) is -0.0543. The lowest BCUT2D eigenvalue weighted by molar-refractivity contribution is -0.385. The predicted octanol–water partition coefficient (Wildman–Crippen LogP) is 2.79. The number of anilines is 1. The van der Waals surface area contributed by atoms with Crippen molar-refractivity contribution in [2.75, 3.05) is 32.2 Å². The van der Waals surface area contributed by atoms with Gasteiger partial charge in [-0.15, -0.1) is 0 Å². The molecule has 2 aromatic rings. The Morgan fingerprint density at radius 1 is 1.25 bits per heavy atom. The summed E-state index contributed by atoms with van der Waals surface area (Å²) < 4.78 is 10.3. The minimum Gasteiger partial charge on any atom is -0.493 e. The van der Waals surface area contributed by atoms with Crippen molar-refractivity contribution in [3.63, 3.8) is 0 Å². The number of hydrogen-bond donors (Lipinski definition) is 1. The molecule has 1 unspecified atom stereocenters. The van der Waals surface area contributed by atoms with E-state index in [2.05, 4.69) is 29.3 Å². The molecule has 0 aliphatic carbocycles. The number of para-hydroxylation sites is 1. The molecule has 0 fully saturated rings. The summed E-state index contributed by atoms with van der Waals surface area (Å²) in [6.45, 7) is 3.12. The van der Waals surface area contributed by atoms with Crippen LogP contribution in [0.5, 0.6) is 11.5 Å². The topological polar surface area (TPSA) is 93.9 Å². The minimum absolute atomic E-state index is 0.0579. The van der Waals surface area contributed by atoms with Crippen molar-refractivity contribution in [2.24, 2.45) is 0 Å². The largest absolute Gasteiger partial charge is 0.493 e. The standard InChI is InChI=1S/C20H23N3O5/c1-13-10-14-6-4-5-7-16(14)22(13)9-8-21-20(24)15-11-18(27-2)19(28-3)12-17(15)23(25)26/h4-7,11-13H,8-10H2,1-3H3,(H,21,24). The average Bonchev–Trinajstić information content (AvgIpc) is 3.02. The number of amides is 1. The number of nitro groups is 1. The van der Waals surface area contributed by atoms with Gasteiger partial charge < -0.3 is 19.7 Å². The van der Waals surface area contributed by atoms with Crippen LogP contribution in [0.3, 0.4) is 0 Å². The molecule has 0 radical (unpaired) electrons. The van der Waals surface area contributed by atoms with E-state index in [1.165, 1.54) is 37.6 Å². The maximum absolute atomic E-state index is 12.6. The summed E-state index contributed by atoms with van der Waals surface area (Å²) in [5.41, 5.74) is 2.07. The molecule has 1 atom stereocenters. The van der Waals surface area contributed by atoms with Crippen LogP contribution in [0.2, 0.25) is 0 Å².